The van der Waals surface area contributed by atoms with Gasteiger partial charge in [0.2, 0.25) is 0 Å². The van der Waals surface area contributed by atoms with Crippen LogP contribution in [0.15, 0.2) is 12.3 Å². The van der Waals surface area contributed by atoms with Gasteiger partial charge >= 0.3 is 6.03 Å². The lowest BCUT2D eigenvalue weighted by atomic mass is 9.99. The van der Waals surface area contributed by atoms with E-state index in [4.69, 9.17) is 15.4 Å². The van der Waals surface area contributed by atoms with Crippen LogP contribution in [0.5, 0.6) is 0 Å². The molecule has 11 nitrogen and oxygen atoms in total. The Morgan fingerprint density at radius 1 is 1.29 bits per heavy atom. The standard InChI is InChI=1S/C23H30N4O7S/c1-23(21(30)24-32,35(2,33)34)7-8-26-14-20-9-17(13-27(20)22(26)31)5-3-4-6-18-10-25(11-18)12-19(15-28)16-29/h9,13,18-19,28-29,32H,7-8,10-12,14-16H2,1-2H3,(H,24,30). The van der Waals surface area contributed by atoms with Crippen LogP contribution in [0.1, 0.15) is 24.6 Å². The molecule has 0 spiro atoms. The van der Waals surface area contributed by atoms with E-state index in [1.54, 1.807) is 12.3 Å². The molecule has 12 heteroatoms. The van der Waals surface area contributed by atoms with Gasteiger partial charge in [-0.25, -0.2) is 18.7 Å². The molecule has 1 fully saturated rings. The molecular weight excluding hydrogens is 476 g/mol. The third kappa shape index (κ3) is 5.86. The van der Waals surface area contributed by atoms with Gasteiger partial charge in [0.1, 0.15) is 0 Å². The second-order valence-corrected chi connectivity index (χ2v) is 11.6. The zero-order valence-corrected chi connectivity index (χ0v) is 20.5. The van der Waals surface area contributed by atoms with Gasteiger partial charge in [0.05, 0.1) is 6.54 Å². The summed E-state index contributed by atoms with van der Waals surface area (Å²) in [5.41, 5.74) is 2.72. The first-order valence-electron chi connectivity index (χ1n) is 11.1. The SMILES string of the molecule is CC(CCN1Cc2cc(C#CC#CC3CN(CC(CO)CO)C3)cn2C1=O)(C(=O)NO)S(C)(=O)=O. The van der Waals surface area contributed by atoms with Crippen molar-refractivity contribution in [1.82, 2.24) is 19.8 Å². The fraction of sp³-hybridized carbons (Fsp3) is 0.565. The Bertz CT molecular complexity index is 1190. The van der Waals surface area contributed by atoms with Crippen LogP contribution in [0.4, 0.5) is 4.79 Å². The number of aliphatic hydroxyl groups is 2. The van der Waals surface area contributed by atoms with Gasteiger partial charge in [-0.3, -0.25) is 14.6 Å². The number of rotatable bonds is 9. The van der Waals surface area contributed by atoms with Gasteiger partial charge in [-0.05, 0) is 31.3 Å². The molecule has 0 radical (unpaired) electrons. The molecular formula is C23H30N4O7S. The van der Waals surface area contributed by atoms with Crippen LogP contribution < -0.4 is 5.48 Å². The number of hydrogen-bond acceptors (Lipinski definition) is 8. The second-order valence-electron chi connectivity index (χ2n) is 9.15. The van der Waals surface area contributed by atoms with E-state index in [0.29, 0.717) is 17.8 Å². The Morgan fingerprint density at radius 2 is 1.97 bits per heavy atom. The number of fused-ring (bicyclic) bond motifs is 1. The van der Waals surface area contributed by atoms with Gasteiger partial charge in [0.15, 0.2) is 14.6 Å². The molecule has 190 valence electrons. The predicted molar refractivity (Wildman–Crippen MR) is 126 cm³/mol. The van der Waals surface area contributed by atoms with Crippen LogP contribution in [0.2, 0.25) is 0 Å². The highest BCUT2D eigenvalue weighted by Crippen LogP contribution is 2.25. The molecule has 2 aliphatic heterocycles. The molecule has 1 atom stereocenters. The Kier molecular flexibility index (Phi) is 8.26. The Morgan fingerprint density at radius 3 is 2.54 bits per heavy atom. The molecule has 3 rings (SSSR count). The number of hydrogen-bond donors (Lipinski definition) is 4. The largest absolute Gasteiger partial charge is 0.396 e. The number of hydroxylamine groups is 1. The van der Waals surface area contributed by atoms with Gasteiger partial charge in [0.25, 0.3) is 5.91 Å². The van der Waals surface area contributed by atoms with Crippen LogP contribution in [0.25, 0.3) is 0 Å². The van der Waals surface area contributed by atoms with Gasteiger partial charge in [-0.15, -0.1) is 0 Å². The van der Waals surface area contributed by atoms with Crippen molar-refractivity contribution in [2.24, 2.45) is 11.8 Å². The lowest BCUT2D eigenvalue weighted by molar-refractivity contribution is -0.131. The average Bonchev–Trinajstić information content (AvgIpc) is 3.32. The summed E-state index contributed by atoms with van der Waals surface area (Å²) >= 11 is 0. The average molecular weight is 507 g/mol. The van der Waals surface area contributed by atoms with E-state index >= 15 is 0 Å². The molecule has 2 aliphatic rings. The number of amides is 2. The first kappa shape index (κ1) is 26.7. The van der Waals surface area contributed by atoms with Crippen molar-refractivity contribution in [3.63, 3.8) is 0 Å². The van der Waals surface area contributed by atoms with Crippen molar-refractivity contribution in [3.8, 4) is 23.7 Å². The quantitative estimate of drug-likeness (QED) is 0.186. The van der Waals surface area contributed by atoms with Crippen LogP contribution in [0.3, 0.4) is 0 Å². The third-order valence-electron chi connectivity index (χ3n) is 6.52. The first-order chi connectivity index (χ1) is 16.5. The monoisotopic (exact) mass is 506 g/mol. The first-order valence-corrected chi connectivity index (χ1v) is 13.0. The molecule has 1 saturated heterocycles. The summed E-state index contributed by atoms with van der Waals surface area (Å²) in [7, 11) is -3.84. The van der Waals surface area contributed by atoms with Crippen molar-refractivity contribution in [1.29, 1.82) is 0 Å². The topological polar surface area (TPSA) is 152 Å². The predicted octanol–water partition coefficient (Wildman–Crippen LogP) is -1.14. The number of carbonyl (C=O) groups excluding carboxylic acids is 2. The van der Waals surface area contributed by atoms with Crippen molar-refractivity contribution < 1.29 is 33.4 Å². The highest BCUT2D eigenvalue weighted by atomic mass is 32.2. The number of aromatic nitrogens is 1. The molecule has 1 unspecified atom stereocenters. The van der Waals surface area contributed by atoms with Crippen LogP contribution >= 0.6 is 0 Å². The molecule has 0 aliphatic carbocycles. The van der Waals surface area contributed by atoms with Gasteiger partial charge in [0, 0.05) is 74.9 Å². The maximum absolute atomic E-state index is 12.7. The lowest BCUT2D eigenvalue weighted by Crippen LogP contribution is -2.50. The number of aliphatic hydroxyl groups excluding tert-OH is 2. The fourth-order valence-corrected chi connectivity index (χ4v) is 4.84. The highest BCUT2D eigenvalue weighted by Gasteiger charge is 2.44. The van der Waals surface area contributed by atoms with Crippen molar-refractivity contribution in [2.45, 2.75) is 24.6 Å². The number of sulfone groups is 1. The molecule has 35 heavy (non-hydrogen) atoms. The maximum Gasteiger partial charge on any atom is 0.328 e. The van der Waals surface area contributed by atoms with E-state index in [1.165, 1.54) is 21.9 Å². The summed E-state index contributed by atoms with van der Waals surface area (Å²) < 4.78 is 23.8. The number of nitrogens with zero attached hydrogens (tertiary/aromatic N) is 3. The van der Waals surface area contributed by atoms with Crippen molar-refractivity contribution >= 4 is 21.8 Å². The lowest BCUT2D eigenvalue weighted by Gasteiger charge is -2.37. The maximum atomic E-state index is 12.7. The molecule has 0 saturated carbocycles. The molecule has 4 N–H and O–H groups in total. The summed E-state index contributed by atoms with van der Waals surface area (Å²) in [5.74, 6) is 10.6. The minimum absolute atomic E-state index is 0.0136. The Hall–Kier alpha value is -2.87. The second kappa shape index (κ2) is 10.8. The van der Waals surface area contributed by atoms with E-state index in [2.05, 4.69) is 28.6 Å². The number of carbonyl (C=O) groups is 2. The van der Waals surface area contributed by atoms with Gasteiger partial charge in [-0.2, -0.15) is 0 Å². The zero-order valence-electron chi connectivity index (χ0n) is 19.7. The Balaban J connectivity index is 1.54. The smallest absolute Gasteiger partial charge is 0.328 e. The zero-order chi connectivity index (χ0) is 25.8. The summed E-state index contributed by atoms with van der Waals surface area (Å²) in [5, 5.41) is 27.2. The summed E-state index contributed by atoms with van der Waals surface area (Å²) in [6.45, 7) is 3.57. The molecule has 0 bridgehead atoms. The minimum atomic E-state index is -3.84. The number of likely N-dealkylation sites (tertiary alicyclic amines) is 1. The van der Waals surface area contributed by atoms with Crippen LogP contribution in [-0.4, -0.2) is 101 Å². The Labute approximate surface area is 204 Å². The van der Waals surface area contributed by atoms with Crippen LogP contribution in [0, 0.1) is 35.5 Å². The molecule has 3 heterocycles. The van der Waals surface area contributed by atoms with E-state index < -0.39 is 20.5 Å². The van der Waals surface area contributed by atoms with E-state index in [0.717, 1.165) is 19.3 Å². The summed E-state index contributed by atoms with van der Waals surface area (Å²) in [6.07, 6.45) is 2.34. The van der Waals surface area contributed by atoms with Crippen molar-refractivity contribution in [2.75, 3.05) is 45.6 Å². The molecule has 1 aromatic rings. The molecule has 2 amide bonds. The van der Waals surface area contributed by atoms with E-state index in [9.17, 15) is 18.0 Å². The number of nitrogens with one attached hydrogen (secondary N) is 1. The van der Waals surface area contributed by atoms with Gasteiger partial charge < -0.3 is 20.0 Å². The summed E-state index contributed by atoms with van der Waals surface area (Å²) in [6, 6.07) is 1.41. The fourth-order valence-electron chi connectivity index (χ4n) is 3.99. The highest BCUT2D eigenvalue weighted by molar-refractivity contribution is 7.92. The van der Waals surface area contributed by atoms with Gasteiger partial charge in [-0.1, -0.05) is 11.8 Å². The summed E-state index contributed by atoms with van der Waals surface area (Å²) in [4.78, 5) is 28.2. The third-order valence-corrected chi connectivity index (χ3v) is 8.55. The minimum Gasteiger partial charge on any atom is -0.396 e. The van der Waals surface area contributed by atoms with Crippen molar-refractivity contribution in [3.05, 3.63) is 23.5 Å². The molecule has 0 aromatic carbocycles. The normalized spacial score (nSPS) is 17.7. The molecule has 1 aromatic heterocycles. The van der Waals surface area contributed by atoms with E-state index in [1.807, 2.05) is 0 Å². The van der Waals surface area contributed by atoms with Crippen LogP contribution in [-0.2, 0) is 21.2 Å². The van der Waals surface area contributed by atoms with E-state index in [-0.39, 0.29) is 50.6 Å².